The van der Waals surface area contributed by atoms with Crippen molar-refractivity contribution in [2.45, 2.75) is 11.6 Å². The van der Waals surface area contributed by atoms with Crippen LogP contribution in [0.15, 0.2) is 53.7 Å². The van der Waals surface area contributed by atoms with Gasteiger partial charge in [-0.25, -0.2) is 4.79 Å². The average Bonchev–Trinajstić information content (AvgIpc) is 3.12. The van der Waals surface area contributed by atoms with Gasteiger partial charge >= 0.3 is 5.97 Å². The topological polar surface area (TPSA) is 110 Å². The highest BCUT2D eigenvalue weighted by molar-refractivity contribution is 7.99. The molecular weight excluding hydrogens is 390 g/mol. The Balaban J connectivity index is 1.58. The van der Waals surface area contributed by atoms with Crippen molar-refractivity contribution in [1.82, 2.24) is 20.2 Å². The zero-order valence-corrected chi connectivity index (χ0v) is 15.4. The molecule has 0 radical (unpaired) electrons. The van der Waals surface area contributed by atoms with Gasteiger partial charge in [-0.2, -0.15) is 4.68 Å². The molecule has 10 heteroatoms. The van der Waals surface area contributed by atoms with Gasteiger partial charge in [0.25, 0.3) is 0 Å². The molecule has 0 spiro atoms. The van der Waals surface area contributed by atoms with Gasteiger partial charge in [0.1, 0.15) is 0 Å². The summed E-state index contributed by atoms with van der Waals surface area (Å²) < 4.78 is 1.59. The number of rotatable bonds is 7. The number of carbonyl (C=O) groups is 2. The van der Waals surface area contributed by atoms with Crippen molar-refractivity contribution in [2.24, 2.45) is 0 Å². The fourth-order valence-electron chi connectivity index (χ4n) is 2.20. The molecule has 8 nitrogen and oxygen atoms in total. The minimum Gasteiger partial charge on any atom is -0.478 e. The standard InChI is InChI=1S/C17H14ClN5O3S/c18-13-7-6-11(16(25)26)10-14(13)19-15(24)8-9-27-17-20-21-22-23(17)12-4-2-1-3-5-12/h1-7,10H,8-9H2,(H,19,24)(H,25,26). The van der Waals surface area contributed by atoms with Crippen LogP contribution in [-0.2, 0) is 4.79 Å². The number of carboxylic acid groups (broad SMARTS) is 1. The van der Waals surface area contributed by atoms with Crippen LogP contribution in [0.25, 0.3) is 5.69 Å². The van der Waals surface area contributed by atoms with Gasteiger partial charge in [-0.1, -0.05) is 41.6 Å². The first-order valence-corrected chi connectivity index (χ1v) is 9.20. The maximum Gasteiger partial charge on any atom is 0.335 e. The highest BCUT2D eigenvalue weighted by atomic mass is 35.5. The summed E-state index contributed by atoms with van der Waals surface area (Å²) in [5, 5.41) is 24.1. The summed E-state index contributed by atoms with van der Waals surface area (Å²) in [5.41, 5.74) is 1.14. The van der Waals surface area contributed by atoms with E-state index in [1.54, 1.807) is 4.68 Å². The Labute approximate surface area is 163 Å². The Hall–Kier alpha value is -2.91. The first-order chi connectivity index (χ1) is 13.0. The number of tetrazole rings is 1. The average molecular weight is 404 g/mol. The SMILES string of the molecule is O=C(CCSc1nnnn1-c1ccccc1)Nc1cc(C(=O)O)ccc1Cl. The molecule has 3 rings (SSSR count). The van der Waals surface area contributed by atoms with Gasteiger partial charge in [0.05, 0.1) is 22.0 Å². The van der Waals surface area contributed by atoms with Gasteiger partial charge < -0.3 is 10.4 Å². The summed E-state index contributed by atoms with van der Waals surface area (Å²) in [6, 6.07) is 13.6. The van der Waals surface area contributed by atoms with Crippen LogP contribution >= 0.6 is 23.4 Å². The first kappa shape index (κ1) is 18.9. The number of benzene rings is 2. The lowest BCUT2D eigenvalue weighted by Crippen LogP contribution is -2.13. The number of nitrogens with one attached hydrogen (secondary N) is 1. The molecular formula is C17H14ClN5O3S. The number of carbonyl (C=O) groups excluding carboxylic acids is 1. The van der Waals surface area contributed by atoms with E-state index in [1.807, 2.05) is 30.3 Å². The third-order valence-corrected chi connectivity index (χ3v) is 4.74. The number of aromatic carboxylic acids is 1. The minimum atomic E-state index is -1.09. The predicted octanol–water partition coefficient (Wildman–Crippen LogP) is 3.13. The number of anilines is 1. The van der Waals surface area contributed by atoms with Crippen molar-refractivity contribution < 1.29 is 14.7 Å². The Morgan fingerprint density at radius 3 is 2.70 bits per heavy atom. The molecule has 1 aromatic heterocycles. The third kappa shape index (κ3) is 4.83. The van der Waals surface area contributed by atoms with Gasteiger partial charge in [-0.3, -0.25) is 4.79 Å². The molecule has 0 unspecified atom stereocenters. The van der Waals surface area contributed by atoms with Crippen molar-refractivity contribution in [3.8, 4) is 5.69 Å². The van der Waals surface area contributed by atoms with Crippen LogP contribution in [0.1, 0.15) is 16.8 Å². The van der Waals surface area contributed by atoms with Gasteiger partial charge in [-0.05, 0) is 40.8 Å². The second-order valence-corrected chi connectivity index (χ2v) is 6.82. The van der Waals surface area contributed by atoms with E-state index in [-0.39, 0.29) is 28.6 Å². The number of hydrogen-bond donors (Lipinski definition) is 2. The van der Waals surface area contributed by atoms with Crippen LogP contribution in [0.4, 0.5) is 5.69 Å². The van der Waals surface area contributed by atoms with Crippen molar-refractivity contribution in [2.75, 3.05) is 11.1 Å². The smallest absolute Gasteiger partial charge is 0.335 e. The number of aromatic nitrogens is 4. The number of nitrogens with zero attached hydrogens (tertiary/aromatic N) is 4. The van der Waals surface area contributed by atoms with Crippen LogP contribution in [0.5, 0.6) is 0 Å². The lowest BCUT2D eigenvalue weighted by atomic mass is 10.2. The van der Waals surface area contributed by atoms with Crippen molar-refractivity contribution >= 4 is 40.9 Å². The summed E-state index contributed by atoms with van der Waals surface area (Å²) in [7, 11) is 0. The lowest BCUT2D eigenvalue weighted by Gasteiger charge is -2.08. The Morgan fingerprint density at radius 1 is 1.19 bits per heavy atom. The molecule has 0 aliphatic carbocycles. The Kier molecular flexibility index (Phi) is 6.05. The van der Waals surface area contributed by atoms with Gasteiger partial charge in [0.2, 0.25) is 11.1 Å². The number of amides is 1. The molecule has 0 saturated heterocycles. The molecule has 1 heterocycles. The zero-order valence-electron chi connectivity index (χ0n) is 13.9. The number of carboxylic acids is 1. The molecule has 3 aromatic rings. The lowest BCUT2D eigenvalue weighted by molar-refractivity contribution is -0.115. The number of hydrogen-bond acceptors (Lipinski definition) is 6. The largest absolute Gasteiger partial charge is 0.478 e. The van der Waals surface area contributed by atoms with Crippen LogP contribution < -0.4 is 5.32 Å². The van der Waals surface area contributed by atoms with Gasteiger partial charge in [0, 0.05) is 12.2 Å². The van der Waals surface area contributed by atoms with E-state index in [4.69, 9.17) is 16.7 Å². The Morgan fingerprint density at radius 2 is 1.96 bits per heavy atom. The number of halogens is 1. The number of thioether (sulfide) groups is 1. The van der Waals surface area contributed by atoms with Crippen molar-refractivity contribution in [3.63, 3.8) is 0 Å². The zero-order chi connectivity index (χ0) is 19.2. The van der Waals surface area contributed by atoms with E-state index in [9.17, 15) is 9.59 Å². The summed E-state index contributed by atoms with van der Waals surface area (Å²) in [6.45, 7) is 0. The van der Waals surface area contributed by atoms with Crippen LogP contribution in [-0.4, -0.2) is 42.9 Å². The van der Waals surface area contributed by atoms with E-state index < -0.39 is 5.97 Å². The molecule has 0 saturated carbocycles. The summed E-state index contributed by atoms with van der Waals surface area (Å²) >= 11 is 7.34. The first-order valence-electron chi connectivity index (χ1n) is 7.84. The summed E-state index contributed by atoms with van der Waals surface area (Å²) in [6.07, 6.45) is 0.181. The molecule has 0 atom stereocenters. The fraction of sp³-hybridized carbons (Fsp3) is 0.118. The second kappa shape index (κ2) is 8.65. The van der Waals surface area contributed by atoms with Gasteiger partial charge in [-0.15, -0.1) is 5.10 Å². The second-order valence-electron chi connectivity index (χ2n) is 5.36. The number of para-hydroxylation sites is 1. The minimum absolute atomic E-state index is 0.0473. The maximum absolute atomic E-state index is 12.1. The van der Waals surface area contributed by atoms with E-state index in [0.717, 1.165) is 5.69 Å². The normalized spacial score (nSPS) is 10.6. The highest BCUT2D eigenvalue weighted by Gasteiger charge is 2.12. The van der Waals surface area contributed by atoms with E-state index in [0.29, 0.717) is 10.9 Å². The molecule has 138 valence electrons. The molecule has 2 aromatic carbocycles. The van der Waals surface area contributed by atoms with Crippen molar-refractivity contribution in [3.05, 3.63) is 59.1 Å². The molecule has 0 bridgehead atoms. The molecule has 0 fully saturated rings. The summed E-state index contributed by atoms with van der Waals surface area (Å²) in [5.74, 6) is -0.939. The highest BCUT2D eigenvalue weighted by Crippen LogP contribution is 2.24. The van der Waals surface area contributed by atoms with E-state index >= 15 is 0 Å². The fourth-order valence-corrected chi connectivity index (χ4v) is 3.20. The Bertz CT molecular complexity index is 964. The van der Waals surface area contributed by atoms with E-state index in [1.165, 1.54) is 30.0 Å². The van der Waals surface area contributed by atoms with Crippen molar-refractivity contribution in [1.29, 1.82) is 0 Å². The molecule has 2 N–H and O–H groups in total. The summed E-state index contributed by atoms with van der Waals surface area (Å²) in [4.78, 5) is 23.2. The molecule has 0 aliphatic rings. The molecule has 27 heavy (non-hydrogen) atoms. The van der Waals surface area contributed by atoms with Gasteiger partial charge in [0.15, 0.2) is 0 Å². The van der Waals surface area contributed by atoms with Crippen LogP contribution in [0.2, 0.25) is 5.02 Å². The monoisotopic (exact) mass is 403 g/mol. The third-order valence-electron chi connectivity index (χ3n) is 3.49. The van der Waals surface area contributed by atoms with Crippen LogP contribution in [0.3, 0.4) is 0 Å². The van der Waals surface area contributed by atoms with Crippen LogP contribution in [0, 0.1) is 0 Å². The van der Waals surface area contributed by atoms with E-state index in [2.05, 4.69) is 20.8 Å². The predicted molar refractivity (Wildman–Crippen MR) is 102 cm³/mol. The maximum atomic E-state index is 12.1. The quantitative estimate of drug-likeness (QED) is 0.583. The molecule has 0 aliphatic heterocycles. The molecule has 1 amide bonds.